The Bertz CT molecular complexity index is 1240. The van der Waals surface area contributed by atoms with E-state index in [1.807, 2.05) is 0 Å². The summed E-state index contributed by atoms with van der Waals surface area (Å²) in [4.78, 5) is 19.4. The van der Waals surface area contributed by atoms with Gasteiger partial charge in [-0.3, -0.25) is 4.79 Å². The fraction of sp³-hybridized carbons (Fsp3) is 0.500. The zero-order valence-corrected chi connectivity index (χ0v) is 21.5. The van der Waals surface area contributed by atoms with Crippen LogP contribution in [0.25, 0.3) is 0 Å². The third kappa shape index (κ3) is 5.56. The Morgan fingerprint density at radius 2 is 1.78 bits per heavy atom. The van der Waals surface area contributed by atoms with Gasteiger partial charge in [-0.1, -0.05) is 11.6 Å². The highest BCUT2D eigenvalue weighted by molar-refractivity contribution is 7.90. The topological polar surface area (TPSA) is 88.6 Å². The summed E-state index contributed by atoms with van der Waals surface area (Å²) in [6.45, 7) is 2.85. The number of fused-ring (bicyclic) bond motifs is 2. The molecule has 36 heavy (non-hydrogen) atoms. The largest absolute Gasteiger partial charge is 0.477 e. The first kappa shape index (κ1) is 26.5. The highest BCUT2D eigenvalue weighted by atomic mass is 35.5. The smallest absolute Gasteiger partial charge is 0.420 e. The van der Waals surface area contributed by atoms with Crippen molar-refractivity contribution in [1.82, 2.24) is 10.3 Å². The van der Waals surface area contributed by atoms with Crippen molar-refractivity contribution in [3.63, 3.8) is 0 Å². The van der Waals surface area contributed by atoms with Gasteiger partial charge in [0.05, 0.1) is 17.4 Å². The van der Waals surface area contributed by atoms with E-state index in [2.05, 4.69) is 15.2 Å². The second-order valence-electron chi connectivity index (χ2n) is 9.81. The number of amides is 1. The molecule has 4 rings (SSSR count). The lowest BCUT2D eigenvalue weighted by Crippen LogP contribution is -2.55. The second-order valence-corrected chi connectivity index (χ2v) is 12.2. The number of benzene rings is 1. The lowest BCUT2D eigenvalue weighted by molar-refractivity contribution is -0.143. The Morgan fingerprint density at radius 1 is 1.14 bits per heavy atom. The zero-order valence-electron chi connectivity index (χ0n) is 20.0. The maximum absolute atomic E-state index is 13.4. The molecule has 1 N–H and O–H groups in total. The highest BCUT2D eigenvalue weighted by Crippen LogP contribution is 2.41. The maximum atomic E-state index is 13.4. The Balaban J connectivity index is 1.43. The van der Waals surface area contributed by atoms with Crippen LogP contribution in [0.3, 0.4) is 0 Å². The van der Waals surface area contributed by atoms with Crippen LogP contribution in [-0.4, -0.2) is 49.3 Å². The molecular weight excluding hydrogens is 519 g/mol. The molecule has 0 radical (unpaired) electrons. The van der Waals surface area contributed by atoms with Crippen molar-refractivity contribution in [1.29, 1.82) is 0 Å². The summed E-state index contributed by atoms with van der Waals surface area (Å²) >= 11 is 5.73. The van der Waals surface area contributed by atoms with Crippen LogP contribution >= 0.6 is 11.6 Å². The molecule has 2 unspecified atom stereocenters. The molecule has 2 aliphatic heterocycles. The third-order valence-corrected chi connectivity index (χ3v) is 7.86. The fourth-order valence-corrected chi connectivity index (χ4v) is 5.69. The maximum Gasteiger partial charge on any atom is 0.420 e. The molecule has 2 aliphatic rings. The van der Waals surface area contributed by atoms with Gasteiger partial charge in [-0.2, -0.15) is 13.2 Å². The molecular formula is C24H27ClF3N3O4S. The summed E-state index contributed by atoms with van der Waals surface area (Å²) in [5.74, 6) is -0.977. The van der Waals surface area contributed by atoms with Crippen molar-refractivity contribution >= 4 is 33.0 Å². The van der Waals surface area contributed by atoms with E-state index < -0.39 is 38.8 Å². The number of alkyl halides is 3. The molecule has 0 spiro atoms. The molecule has 196 valence electrons. The fourth-order valence-electron chi connectivity index (χ4n) is 4.95. The van der Waals surface area contributed by atoms with E-state index in [0.29, 0.717) is 12.8 Å². The highest BCUT2D eigenvalue weighted by Gasteiger charge is 2.43. The van der Waals surface area contributed by atoms with Crippen LogP contribution in [0.5, 0.6) is 5.75 Å². The SMILES string of the molecule is CC(C)(Oc1ccc(Cl)cc1C(F)(F)F)C(=O)NC1CC2CCC(C1)N2c1ccc(S(C)(=O)=O)nc1. The van der Waals surface area contributed by atoms with Gasteiger partial charge < -0.3 is 15.0 Å². The van der Waals surface area contributed by atoms with Crippen molar-refractivity contribution in [2.24, 2.45) is 0 Å². The van der Waals surface area contributed by atoms with Crippen LogP contribution in [0.15, 0.2) is 41.6 Å². The molecule has 2 atom stereocenters. The van der Waals surface area contributed by atoms with Gasteiger partial charge in [0.15, 0.2) is 20.5 Å². The number of anilines is 1. The van der Waals surface area contributed by atoms with Gasteiger partial charge in [-0.25, -0.2) is 13.4 Å². The van der Waals surface area contributed by atoms with Gasteiger partial charge in [0.1, 0.15) is 5.75 Å². The number of hydrogen-bond donors (Lipinski definition) is 1. The van der Waals surface area contributed by atoms with Crippen molar-refractivity contribution in [3.05, 3.63) is 47.1 Å². The third-order valence-electron chi connectivity index (χ3n) is 6.63. The number of hydrogen-bond acceptors (Lipinski definition) is 6. The number of rotatable bonds is 6. The van der Waals surface area contributed by atoms with Crippen LogP contribution in [-0.2, 0) is 20.8 Å². The van der Waals surface area contributed by atoms with Crippen LogP contribution < -0.4 is 15.0 Å². The summed E-state index contributed by atoms with van der Waals surface area (Å²) in [5.41, 5.74) is -1.78. The standard InChI is InChI=1S/C24H27ClF3N3O4S/c1-23(2,35-20-8-4-14(25)10-19(20)24(26,27)28)22(32)30-15-11-16-5-6-17(12-15)31(16)18-7-9-21(29-13-18)36(3,33)34/h4,7-10,13,15-17H,5-6,11-12H2,1-3H3,(H,30,32). The van der Waals surface area contributed by atoms with Crippen LogP contribution in [0.1, 0.15) is 45.1 Å². The Hall–Kier alpha value is -2.53. The summed E-state index contributed by atoms with van der Waals surface area (Å²) < 4.78 is 69.3. The molecule has 1 aromatic carbocycles. The number of ether oxygens (including phenoxy) is 1. The number of carbonyl (C=O) groups is 1. The first-order chi connectivity index (χ1) is 16.6. The molecule has 2 aromatic rings. The molecule has 3 heterocycles. The van der Waals surface area contributed by atoms with Crippen molar-refractivity contribution in [3.8, 4) is 5.75 Å². The number of aromatic nitrogens is 1. The normalized spacial score (nSPS) is 22.4. The molecule has 0 saturated carbocycles. The first-order valence-corrected chi connectivity index (χ1v) is 13.7. The number of pyridine rings is 1. The summed E-state index contributed by atoms with van der Waals surface area (Å²) in [5, 5.41) is 2.89. The number of nitrogens with one attached hydrogen (secondary N) is 1. The lowest BCUT2D eigenvalue weighted by Gasteiger charge is -2.41. The van der Waals surface area contributed by atoms with Gasteiger partial charge >= 0.3 is 6.18 Å². The minimum absolute atomic E-state index is 0.0114. The molecule has 2 bridgehead atoms. The molecule has 12 heteroatoms. The molecule has 7 nitrogen and oxygen atoms in total. The van der Waals surface area contributed by atoms with E-state index in [1.165, 1.54) is 26.0 Å². The van der Waals surface area contributed by atoms with E-state index >= 15 is 0 Å². The Kier molecular flexibility index (Phi) is 6.93. The average molecular weight is 546 g/mol. The van der Waals surface area contributed by atoms with Gasteiger partial charge in [-0.15, -0.1) is 0 Å². The monoisotopic (exact) mass is 545 g/mol. The molecule has 0 aliphatic carbocycles. The van der Waals surface area contributed by atoms with Crippen LogP contribution in [0, 0.1) is 0 Å². The van der Waals surface area contributed by atoms with Crippen LogP contribution in [0.4, 0.5) is 18.9 Å². The number of halogens is 4. The Labute approximate surface area is 212 Å². The van der Waals surface area contributed by atoms with E-state index in [0.717, 1.165) is 36.9 Å². The number of piperidine rings is 1. The predicted molar refractivity (Wildman–Crippen MR) is 129 cm³/mol. The van der Waals surface area contributed by atoms with Gasteiger partial charge in [0.25, 0.3) is 5.91 Å². The predicted octanol–water partition coefficient (Wildman–Crippen LogP) is 4.63. The summed E-state index contributed by atoms with van der Waals surface area (Å²) in [7, 11) is -3.39. The first-order valence-electron chi connectivity index (χ1n) is 11.5. The minimum atomic E-state index is -4.69. The average Bonchev–Trinajstić information content (AvgIpc) is 3.04. The molecule has 2 fully saturated rings. The van der Waals surface area contributed by atoms with Gasteiger partial charge in [-0.05, 0) is 69.9 Å². The summed E-state index contributed by atoms with van der Waals surface area (Å²) in [6.07, 6.45) is 1.07. The number of sulfone groups is 1. The van der Waals surface area contributed by atoms with Crippen LogP contribution in [0.2, 0.25) is 5.02 Å². The summed E-state index contributed by atoms with van der Waals surface area (Å²) in [6, 6.07) is 6.47. The second kappa shape index (κ2) is 9.41. The van der Waals surface area contributed by atoms with E-state index in [-0.39, 0.29) is 28.2 Å². The number of nitrogens with zero attached hydrogens (tertiary/aromatic N) is 2. The molecule has 1 aromatic heterocycles. The van der Waals surface area contributed by atoms with Gasteiger partial charge in [0, 0.05) is 29.4 Å². The number of carbonyl (C=O) groups excluding carboxylic acids is 1. The lowest BCUT2D eigenvalue weighted by atomic mass is 9.95. The van der Waals surface area contributed by atoms with Gasteiger partial charge in [0.2, 0.25) is 0 Å². The zero-order chi connectivity index (χ0) is 26.5. The van der Waals surface area contributed by atoms with Crippen molar-refractivity contribution < 1.29 is 31.1 Å². The Morgan fingerprint density at radius 3 is 2.31 bits per heavy atom. The minimum Gasteiger partial charge on any atom is -0.477 e. The van der Waals surface area contributed by atoms with E-state index in [4.69, 9.17) is 16.3 Å². The van der Waals surface area contributed by atoms with Crippen molar-refractivity contribution in [2.45, 2.75) is 74.5 Å². The molecule has 1 amide bonds. The van der Waals surface area contributed by atoms with Crippen molar-refractivity contribution in [2.75, 3.05) is 11.2 Å². The quantitative estimate of drug-likeness (QED) is 0.569. The van der Waals surface area contributed by atoms with E-state index in [1.54, 1.807) is 12.3 Å². The molecule has 2 saturated heterocycles. The van der Waals surface area contributed by atoms with E-state index in [9.17, 15) is 26.4 Å².